The molecule has 8 nitrogen and oxygen atoms in total. The maximum atomic E-state index is 9.83. The van der Waals surface area contributed by atoms with Crippen molar-refractivity contribution in [3.05, 3.63) is 212 Å². The van der Waals surface area contributed by atoms with E-state index in [-0.39, 0.29) is 28.1 Å². The first-order valence-corrected chi connectivity index (χ1v) is 27.8. The molecule has 7 aromatic carbocycles. The Balaban J connectivity index is 1.28. The van der Waals surface area contributed by atoms with Crippen LogP contribution in [0.5, 0.6) is 11.5 Å². The third-order valence-electron chi connectivity index (χ3n) is 13.3. The van der Waals surface area contributed by atoms with Crippen molar-refractivity contribution in [1.82, 2.24) is 23.9 Å². The van der Waals surface area contributed by atoms with Gasteiger partial charge in [-0.25, -0.2) is 15.0 Å². The number of fused-ring (bicyclic) bond motifs is 7. The van der Waals surface area contributed by atoms with Gasteiger partial charge in [-0.1, -0.05) is 159 Å². The van der Waals surface area contributed by atoms with Crippen LogP contribution >= 0.6 is 0 Å². The molecule has 2 unspecified atom stereocenters. The highest BCUT2D eigenvalue weighted by Crippen LogP contribution is 2.56. The normalized spacial score (nSPS) is 18.6. The van der Waals surface area contributed by atoms with E-state index in [4.69, 9.17) is 18.6 Å². The van der Waals surface area contributed by atoms with Crippen molar-refractivity contribution in [3.8, 4) is 17.2 Å². The van der Waals surface area contributed by atoms with Crippen LogP contribution in [-0.2, 0) is 4.66 Å². The summed E-state index contributed by atoms with van der Waals surface area (Å²) in [6, 6.07) is 56.6. The molecule has 1 aliphatic heterocycles. The van der Waals surface area contributed by atoms with Crippen molar-refractivity contribution in [2.75, 3.05) is 0 Å². The summed E-state index contributed by atoms with van der Waals surface area (Å²) in [4.78, 5) is 14.3. The van der Waals surface area contributed by atoms with Gasteiger partial charge in [0.25, 0.3) is 0 Å². The maximum Gasteiger partial charge on any atom is 0.220 e. The number of imidazole rings is 2. The van der Waals surface area contributed by atoms with Crippen molar-refractivity contribution >= 4 is 83.8 Å². The highest BCUT2D eigenvalue weighted by molar-refractivity contribution is 7.20. The highest BCUT2D eigenvalue weighted by Gasteiger charge is 2.68. The lowest BCUT2D eigenvalue weighted by Gasteiger charge is -2.54. The topological polar surface area (TPSA) is 83.5 Å². The molecule has 1 aliphatic rings. The van der Waals surface area contributed by atoms with Crippen LogP contribution in [0, 0.1) is 0 Å². The number of hydrogen-bond acceptors (Lipinski definition) is 6. The van der Waals surface area contributed by atoms with Gasteiger partial charge in [-0.15, -0.1) is 0 Å². The third-order valence-corrected chi connectivity index (χ3v) is 26.4. The number of benzene rings is 7. The van der Waals surface area contributed by atoms with Gasteiger partial charge < -0.3 is 13.6 Å². The molecule has 12 rings (SSSR count). The Labute approximate surface area is 392 Å². The van der Waals surface area contributed by atoms with Gasteiger partial charge >= 0.3 is 0 Å². The number of hydrogen-bond donors (Lipinski definition) is 0. The van der Waals surface area contributed by atoms with Gasteiger partial charge in [0.1, 0.15) is 24.0 Å². The zero-order valence-electron chi connectivity index (χ0n) is 44.0. The van der Waals surface area contributed by atoms with E-state index >= 15 is 0 Å². The Bertz CT molecular complexity index is 3850. The second-order valence-electron chi connectivity index (χ2n) is 16.7. The van der Waals surface area contributed by atoms with E-state index in [1.54, 1.807) is 36.4 Å². The summed E-state index contributed by atoms with van der Waals surface area (Å²) < 4.78 is 110. The Morgan fingerprint density at radius 2 is 1.14 bits per heavy atom. The van der Waals surface area contributed by atoms with Crippen LogP contribution < -0.4 is 36.5 Å². The molecule has 0 bridgehead atoms. The van der Waals surface area contributed by atoms with Gasteiger partial charge in [-0.2, -0.15) is 0 Å². The van der Waals surface area contributed by atoms with Crippen LogP contribution in [0.3, 0.4) is 0 Å². The summed E-state index contributed by atoms with van der Waals surface area (Å²) in [5.74, 6) is 0.931. The van der Waals surface area contributed by atoms with Gasteiger partial charge in [0.05, 0.1) is 34.5 Å². The minimum absolute atomic E-state index is 0.0644. The molecule has 0 saturated heterocycles. The third kappa shape index (κ3) is 5.37. The second kappa shape index (κ2) is 14.6. The van der Waals surface area contributed by atoms with Gasteiger partial charge in [0, 0.05) is 33.8 Å². The van der Waals surface area contributed by atoms with E-state index in [1.807, 2.05) is 78.9 Å². The van der Waals surface area contributed by atoms with Crippen molar-refractivity contribution < 1.29 is 25.9 Å². The summed E-state index contributed by atoms with van der Waals surface area (Å²) in [6.07, 6.45) is 4.91. The average molecular weight is 905 g/mol. The SMILES string of the molecule is [2H]C([2H])([2H])[Si](C)(c1ncco1)C1([Si](c2ncco2)(C([2H])([2H])[2H])C([2H])([2H])[2H])c2ccccc2Oc2c1cccc2[Si](c1ccccc1)(c1ccccc1)c1cccc(-n2c3ccccc3n3c4ccccc4nc23)c1. The quantitative estimate of drug-likeness (QED) is 0.107. The smallest absolute Gasteiger partial charge is 0.220 e. The molecule has 0 saturated carbocycles. The van der Waals surface area contributed by atoms with Crippen LogP contribution in [0.15, 0.2) is 210 Å². The first-order valence-electron chi connectivity index (χ1n) is 25.8. The molecular formula is C54H45N5O3Si3. The summed E-state index contributed by atoms with van der Waals surface area (Å²) in [5.41, 5.74) is 3.80. The first-order chi connectivity index (χ1) is 35.5. The Morgan fingerprint density at radius 1 is 0.554 bits per heavy atom. The van der Waals surface area contributed by atoms with Crippen molar-refractivity contribution in [3.63, 3.8) is 0 Å². The fourth-order valence-corrected chi connectivity index (χ4v) is 23.7. The molecule has 2 atom stereocenters. The van der Waals surface area contributed by atoms with E-state index in [9.17, 15) is 12.3 Å². The Morgan fingerprint density at radius 3 is 1.83 bits per heavy atom. The lowest BCUT2D eigenvalue weighted by Crippen LogP contribution is -2.77. The number of aromatic nitrogens is 5. The van der Waals surface area contributed by atoms with Crippen LogP contribution in [0.4, 0.5) is 0 Å². The largest absolute Gasteiger partial charge is 0.457 e. The molecule has 0 fully saturated rings. The zero-order valence-corrected chi connectivity index (χ0v) is 38.0. The summed E-state index contributed by atoms with van der Waals surface area (Å²) in [6.45, 7) is -8.52. The fraction of sp³-hybridized carbons (Fsp3) is 0.0926. The fourth-order valence-electron chi connectivity index (χ4n) is 10.7. The van der Waals surface area contributed by atoms with Crippen LogP contribution in [0.25, 0.3) is 33.5 Å². The Kier molecular flexibility index (Phi) is 6.90. The summed E-state index contributed by atoms with van der Waals surface area (Å²) >= 11 is 0. The molecule has 11 aromatic rings. The molecule has 0 radical (unpaired) electrons. The van der Waals surface area contributed by atoms with Crippen molar-refractivity contribution in [1.29, 1.82) is 0 Å². The van der Waals surface area contributed by atoms with Crippen molar-refractivity contribution in [2.24, 2.45) is 0 Å². The van der Waals surface area contributed by atoms with Gasteiger partial charge in [-0.3, -0.25) is 8.97 Å². The van der Waals surface area contributed by atoms with E-state index in [0.29, 0.717) is 11.0 Å². The molecule has 0 spiro atoms. The van der Waals surface area contributed by atoms with Crippen LogP contribution in [-0.4, -0.2) is 48.1 Å². The van der Waals surface area contributed by atoms with Crippen molar-refractivity contribution in [2.45, 2.75) is 30.6 Å². The van der Waals surface area contributed by atoms with E-state index in [0.717, 1.165) is 49.6 Å². The summed E-state index contributed by atoms with van der Waals surface area (Å²) in [7, 11) is -14.8. The van der Waals surface area contributed by atoms with Gasteiger partial charge in [0.2, 0.25) is 5.78 Å². The molecule has 11 heteroatoms. The molecule has 0 N–H and O–H groups in total. The number of para-hydroxylation sites is 6. The number of nitrogens with zero attached hydrogens (tertiary/aromatic N) is 5. The zero-order chi connectivity index (χ0) is 51.5. The second-order valence-corrected chi connectivity index (χ2v) is 27.0. The average Bonchev–Trinajstić information content (AvgIpc) is 4.23. The number of ether oxygens (including phenoxy) is 1. The number of oxazole rings is 2. The van der Waals surface area contributed by atoms with E-state index in [1.165, 1.54) is 25.2 Å². The standard InChI is InChI=1S/C54H45N5O3Si3/c1-63(2,52-55-33-35-60-52)54(64(3,4)53-56-34-36-61-53)42-25-11-16-31-48(42)62-50-43(54)26-18-32-49(50)65(39-20-7-5-8-21-39,40-22-9-6-10-23-40)41-24-17-19-38(37-41)58-46-29-14-15-30-47(46)59-45-28-13-12-27-44(45)57-51(58)59/h5-37H,1-4H3/i1D3,2D3,3D3. The minimum Gasteiger partial charge on any atom is -0.457 e. The molecule has 316 valence electrons. The highest BCUT2D eigenvalue weighted by atomic mass is 28.4. The number of rotatable bonds is 9. The monoisotopic (exact) mass is 904 g/mol. The van der Waals surface area contributed by atoms with Gasteiger partial charge in [0.15, 0.2) is 35.2 Å². The minimum atomic E-state index is -5.86. The van der Waals surface area contributed by atoms with Crippen LogP contribution in [0.1, 0.15) is 23.5 Å². The first kappa shape index (κ1) is 30.7. The lowest BCUT2D eigenvalue weighted by molar-refractivity contribution is 0.451. The molecule has 65 heavy (non-hydrogen) atoms. The molecule has 5 heterocycles. The Hall–Kier alpha value is -7.32. The maximum absolute atomic E-state index is 9.83. The molecule has 0 amide bonds. The molecule has 4 aromatic heterocycles. The van der Waals surface area contributed by atoms with Crippen LogP contribution in [0.2, 0.25) is 26.0 Å². The van der Waals surface area contributed by atoms with E-state index in [2.05, 4.69) is 79.6 Å². The molecule has 0 aliphatic carbocycles. The lowest BCUT2D eigenvalue weighted by atomic mass is 9.98. The summed E-state index contributed by atoms with van der Waals surface area (Å²) in [5, 5.41) is 3.31. The predicted molar refractivity (Wildman–Crippen MR) is 268 cm³/mol. The molecular weight excluding hydrogens is 851 g/mol. The van der Waals surface area contributed by atoms with E-state index < -0.39 is 53.8 Å². The van der Waals surface area contributed by atoms with Gasteiger partial charge in [-0.05, 0) is 63.2 Å². The predicted octanol–water partition coefficient (Wildman–Crippen LogP) is 8.49.